The first-order chi connectivity index (χ1) is 9.52. The van der Waals surface area contributed by atoms with E-state index in [1.165, 1.54) is 0 Å². The van der Waals surface area contributed by atoms with Crippen LogP contribution in [0.15, 0.2) is 0 Å². The van der Waals surface area contributed by atoms with Gasteiger partial charge in [-0.05, 0) is 32.6 Å². The minimum atomic E-state index is -3.13. The number of hydrogen-bond acceptors (Lipinski definition) is 4. The molecule has 7 heteroatoms. The topological polar surface area (TPSA) is 66.5 Å². The first-order valence-corrected chi connectivity index (χ1v) is 10.2. The number of nitrogens with zero attached hydrogens (tertiary/aromatic N) is 1. The highest BCUT2D eigenvalue weighted by Crippen LogP contribution is 2.27. The molecule has 0 aromatic heterocycles. The molecule has 0 aromatic carbocycles. The Morgan fingerprint density at radius 2 is 1.80 bits per heavy atom. The lowest BCUT2D eigenvalue weighted by molar-refractivity contribution is -0.136. The van der Waals surface area contributed by atoms with E-state index in [1.54, 1.807) is 6.92 Å². The molecule has 1 heterocycles. The molecular weight excluding hydrogens is 296 g/mol. The fraction of sp³-hybridized carbons (Fsp3) is 0.923. The number of nitrogens with one attached hydrogen (secondary N) is 1. The molecule has 2 rings (SSSR count). The fourth-order valence-corrected chi connectivity index (χ4v) is 4.65. The van der Waals surface area contributed by atoms with Gasteiger partial charge >= 0.3 is 0 Å². The normalized spacial score (nSPS) is 28.4. The average Bonchev–Trinajstić information content (AvgIpc) is 2.48. The van der Waals surface area contributed by atoms with Gasteiger partial charge in [0.05, 0.1) is 5.75 Å². The summed E-state index contributed by atoms with van der Waals surface area (Å²) in [6, 6.07) is 0.0147. The third-order valence-corrected chi connectivity index (χ3v) is 6.52. The molecule has 116 valence electrons. The van der Waals surface area contributed by atoms with Crippen LogP contribution in [-0.2, 0) is 14.8 Å². The number of amides is 1. The van der Waals surface area contributed by atoms with E-state index in [0.717, 1.165) is 50.3 Å². The first kappa shape index (κ1) is 16.1. The molecule has 1 saturated heterocycles. The van der Waals surface area contributed by atoms with Crippen LogP contribution >= 0.6 is 11.8 Å². The SMILES string of the molecule is CCS(=O)(=O)NC1CCC(C(=O)N2CCSCC2)CC1. The van der Waals surface area contributed by atoms with Gasteiger partial charge in [0.15, 0.2) is 0 Å². The summed E-state index contributed by atoms with van der Waals surface area (Å²) in [6.07, 6.45) is 3.16. The Bertz CT molecular complexity index is 425. The summed E-state index contributed by atoms with van der Waals surface area (Å²) < 4.78 is 25.8. The molecule has 2 fully saturated rings. The summed E-state index contributed by atoms with van der Waals surface area (Å²) in [7, 11) is -3.13. The van der Waals surface area contributed by atoms with Crippen LogP contribution < -0.4 is 4.72 Å². The van der Waals surface area contributed by atoms with E-state index in [1.807, 2.05) is 16.7 Å². The molecule has 1 N–H and O–H groups in total. The Hall–Kier alpha value is -0.270. The summed E-state index contributed by atoms with van der Waals surface area (Å²) >= 11 is 1.90. The molecule has 1 amide bonds. The molecule has 1 aliphatic heterocycles. The summed E-state index contributed by atoms with van der Waals surface area (Å²) in [5.74, 6) is 2.58. The summed E-state index contributed by atoms with van der Waals surface area (Å²) in [4.78, 5) is 14.4. The quantitative estimate of drug-likeness (QED) is 0.841. The van der Waals surface area contributed by atoms with Crippen LogP contribution in [0.2, 0.25) is 0 Å². The first-order valence-electron chi connectivity index (χ1n) is 7.38. The lowest BCUT2D eigenvalue weighted by Crippen LogP contribution is -2.45. The second-order valence-corrected chi connectivity index (χ2v) is 8.77. The van der Waals surface area contributed by atoms with E-state index in [2.05, 4.69) is 4.72 Å². The van der Waals surface area contributed by atoms with E-state index in [9.17, 15) is 13.2 Å². The highest BCUT2D eigenvalue weighted by Gasteiger charge is 2.31. The van der Waals surface area contributed by atoms with Crippen molar-refractivity contribution >= 4 is 27.7 Å². The van der Waals surface area contributed by atoms with Gasteiger partial charge in [0.25, 0.3) is 0 Å². The molecule has 0 bridgehead atoms. The van der Waals surface area contributed by atoms with Gasteiger partial charge < -0.3 is 4.90 Å². The number of rotatable bonds is 4. The Balaban J connectivity index is 1.80. The zero-order chi connectivity index (χ0) is 14.6. The van der Waals surface area contributed by atoms with Crippen molar-refractivity contribution in [3.63, 3.8) is 0 Å². The molecular formula is C13H24N2O3S2. The van der Waals surface area contributed by atoms with Crippen molar-refractivity contribution in [3.8, 4) is 0 Å². The summed E-state index contributed by atoms with van der Waals surface area (Å²) in [5, 5.41) is 0. The average molecular weight is 320 g/mol. The zero-order valence-electron chi connectivity index (χ0n) is 12.0. The van der Waals surface area contributed by atoms with Crippen LogP contribution in [0.3, 0.4) is 0 Å². The maximum Gasteiger partial charge on any atom is 0.225 e. The molecule has 0 spiro atoms. The Morgan fingerprint density at radius 1 is 1.20 bits per heavy atom. The number of hydrogen-bond donors (Lipinski definition) is 1. The van der Waals surface area contributed by atoms with Gasteiger partial charge in [-0.25, -0.2) is 13.1 Å². The largest absolute Gasteiger partial charge is 0.341 e. The lowest BCUT2D eigenvalue weighted by Gasteiger charge is -2.33. The predicted molar refractivity (Wildman–Crippen MR) is 82.2 cm³/mol. The lowest BCUT2D eigenvalue weighted by atomic mass is 9.85. The van der Waals surface area contributed by atoms with E-state index in [0.29, 0.717) is 0 Å². The minimum Gasteiger partial charge on any atom is -0.341 e. The Morgan fingerprint density at radius 3 is 2.35 bits per heavy atom. The van der Waals surface area contributed by atoms with Crippen molar-refractivity contribution in [3.05, 3.63) is 0 Å². The van der Waals surface area contributed by atoms with Crippen molar-refractivity contribution in [1.29, 1.82) is 0 Å². The minimum absolute atomic E-state index is 0.0147. The predicted octanol–water partition coefficient (Wildman–Crippen LogP) is 1.06. The van der Waals surface area contributed by atoms with Gasteiger partial charge in [-0.3, -0.25) is 4.79 Å². The van der Waals surface area contributed by atoms with Gasteiger partial charge in [0.2, 0.25) is 15.9 Å². The number of carbonyl (C=O) groups excluding carboxylic acids is 1. The van der Waals surface area contributed by atoms with Crippen LogP contribution in [0, 0.1) is 5.92 Å². The van der Waals surface area contributed by atoms with Crippen LogP contribution in [0.1, 0.15) is 32.6 Å². The third-order valence-electron chi connectivity index (χ3n) is 4.13. The third kappa shape index (κ3) is 4.36. The van der Waals surface area contributed by atoms with E-state index >= 15 is 0 Å². The van der Waals surface area contributed by atoms with E-state index in [4.69, 9.17) is 0 Å². The molecule has 20 heavy (non-hydrogen) atoms. The van der Waals surface area contributed by atoms with Crippen molar-refractivity contribution in [2.24, 2.45) is 5.92 Å². The second kappa shape index (κ2) is 7.13. The molecule has 0 unspecified atom stereocenters. The van der Waals surface area contributed by atoms with Crippen molar-refractivity contribution in [2.75, 3.05) is 30.3 Å². The molecule has 1 aliphatic carbocycles. The van der Waals surface area contributed by atoms with Gasteiger partial charge in [0, 0.05) is 36.6 Å². The van der Waals surface area contributed by atoms with Gasteiger partial charge in [-0.2, -0.15) is 11.8 Å². The number of sulfonamides is 1. The highest BCUT2D eigenvalue weighted by molar-refractivity contribution is 7.99. The van der Waals surface area contributed by atoms with Crippen molar-refractivity contribution in [1.82, 2.24) is 9.62 Å². The van der Waals surface area contributed by atoms with Crippen molar-refractivity contribution in [2.45, 2.75) is 38.6 Å². The molecule has 2 aliphatic rings. The molecule has 0 radical (unpaired) electrons. The smallest absolute Gasteiger partial charge is 0.225 e. The van der Waals surface area contributed by atoms with Crippen LogP contribution in [0.25, 0.3) is 0 Å². The summed E-state index contributed by atoms with van der Waals surface area (Å²) in [5.41, 5.74) is 0. The van der Waals surface area contributed by atoms with E-state index in [-0.39, 0.29) is 23.6 Å². The van der Waals surface area contributed by atoms with Crippen molar-refractivity contribution < 1.29 is 13.2 Å². The van der Waals surface area contributed by atoms with Gasteiger partial charge in [-0.15, -0.1) is 0 Å². The Kier molecular flexibility index (Phi) is 5.74. The Labute approximate surface area is 125 Å². The van der Waals surface area contributed by atoms with Gasteiger partial charge in [-0.1, -0.05) is 0 Å². The fourth-order valence-electron chi connectivity index (χ4n) is 2.84. The standard InChI is InChI=1S/C13H24N2O3S2/c1-2-20(17,18)14-12-5-3-11(4-6-12)13(16)15-7-9-19-10-8-15/h11-12,14H,2-10H2,1H3. The van der Waals surface area contributed by atoms with Crippen LogP contribution in [0.4, 0.5) is 0 Å². The molecule has 0 aromatic rings. The number of carbonyl (C=O) groups is 1. The molecule has 1 saturated carbocycles. The monoisotopic (exact) mass is 320 g/mol. The maximum atomic E-state index is 12.4. The van der Waals surface area contributed by atoms with E-state index < -0.39 is 10.0 Å². The van der Waals surface area contributed by atoms with Gasteiger partial charge in [0.1, 0.15) is 0 Å². The highest BCUT2D eigenvalue weighted by atomic mass is 32.2. The maximum absolute atomic E-state index is 12.4. The second-order valence-electron chi connectivity index (χ2n) is 5.51. The molecule has 5 nitrogen and oxygen atoms in total. The zero-order valence-corrected chi connectivity index (χ0v) is 13.6. The van der Waals surface area contributed by atoms with Crippen LogP contribution in [-0.4, -0.2) is 55.6 Å². The summed E-state index contributed by atoms with van der Waals surface area (Å²) in [6.45, 7) is 3.38. The molecule has 0 atom stereocenters. The van der Waals surface area contributed by atoms with Crippen LogP contribution in [0.5, 0.6) is 0 Å². The number of thioether (sulfide) groups is 1.